The van der Waals surface area contributed by atoms with Crippen molar-refractivity contribution >= 4 is 35.0 Å². The number of rotatable bonds is 6. The predicted octanol–water partition coefficient (Wildman–Crippen LogP) is 4.66. The van der Waals surface area contributed by atoms with Crippen molar-refractivity contribution in [2.24, 2.45) is 10.3 Å². The maximum Gasteiger partial charge on any atom is 0.437 e. The maximum absolute atomic E-state index is 11.7. The third-order valence-corrected chi connectivity index (χ3v) is 3.30. The van der Waals surface area contributed by atoms with Gasteiger partial charge in [0.2, 0.25) is 0 Å². The van der Waals surface area contributed by atoms with Crippen LogP contribution in [0, 0.1) is 6.92 Å². The van der Waals surface area contributed by atoms with Gasteiger partial charge in [-0.25, -0.2) is 9.59 Å². The number of hydrogen-bond acceptors (Lipinski definition) is 6. The van der Waals surface area contributed by atoms with Gasteiger partial charge in [-0.3, -0.25) is 20.3 Å². The van der Waals surface area contributed by atoms with Crippen LogP contribution in [-0.4, -0.2) is 23.6 Å². The predicted molar refractivity (Wildman–Crippen MR) is 98.2 cm³/mol. The second kappa shape index (κ2) is 10.1. The normalized spacial score (nSPS) is 11.7. The average Bonchev–Trinajstić information content (AvgIpc) is 2.59. The van der Waals surface area contributed by atoms with Gasteiger partial charge in [-0.05, 0) is 57.4 Å². The number of amides is 2. The zero-order valence-corrected chi connectivity index (χ0v) is 15.2. The summed E-state index contributed by atoms with van der Waals surface area (Å²) in [5.41, 5.74) is 3.23. The molecule has 0 aromatic heterocycles. The second-order valence-corrected chi connectivity index (χ2v) is 5.40. The molecule has 0 radical (unpaired) electrons. The monoisotopic (exact) mass is 348 g/mol. The Balaban J connectivity index is 2.65. The molecule has 2 N–H and O–H groups in total. The zero-order chi connectivity index (χ0) is 18.8. The fourth-order valence-electron chi connectivity index (χ4n) is 1.52. The number of carbonyl (C=O) groups excluding carboxylic acids is 2. The van der Waals surface area contributed by atoms with Crippen LogP contribution in [0.5, 0.6) is 0 Å². The van der Waals surface area contributed by atoms with Crippen LogP contribution >= 0.6 is 0 Å². The molecule has 0 aliphatic heterocycles. The molecule has 0 aliphatic rings. The lowest BCUT2D eigenvalue weighted by atomic mass is 10.2. The summed E-state index contributed by atoms with van der Waals surface area (Å²) < 4.78 is 0. The van der Waals surface area contributed by atoms with Crippen LogP contribution < -0.4 is 10.6 Å². The van der Waals surface area contributed by atoms with Crippen LogP contribution in [0.2, 0.25) is 0 Å². The Hall–Kier alpha value is -2.90. The molecule has 8 nitrogen and oxygen atoms in total. The van der Waals surface area contributed by atoms with E-state index in [0.29, 0.717) is 35.6 Å². The number of nitrogens with one attached hydrogen (secondary N) is 2. The molecule has 8 heteroatoms. The summed E-state index contributed by atoms with van der Waals surface area (Å²) in [6, 6.07) is 4.96. The van der Waals surface area contributed by atoms with Gasteiger partial charge in [0.15, 0.2) is 0 Å². The van der Waals surface area contributed by atoms with Crippen LogP contribution in [0.25, 0.3) is 0 Å². The number of nitrogens with zero attached hydrogens (tertiary/aromatic N) is 2. The van der Waals surface area contributed by atoms with Crippen molar-refractivity contribution in [2.75, 3.05) is 10.6 Å². The summed E-state index contributed by atoms with van der Waals surface area (Å²) in [6.45, 7) is 9.14. The molecule has 1 aromatic carbocycles. The average molecular weight is 348 g/mol. The molecule has 1 rings (SSSR count). The van der Waals surface area contributed by atoms with Gasteiger partial charge in [0.1, 0.15) is 0 Å². The lowest BCUT2D eigenvalue weighted by Crippen LogP contribution is -2.14. The molecule has 136 valence electrons. The molecule has 0 bridgehead atoms. The van der Waals surface area contributed by atoms with E-state index in [9.17, 15) is 9.59 Å². The first-order valence-electron chi connectivity index (χ1n) is 7.99. The van der Waals surface area contributed by atoms with Crippen LogP contribution in [0.15, 0.2) is 28.5 Å². The van der Waals surface area contributed by atoms with Gasteiger partial charge in [0.05, 0.1) is 11.4 Å². The van der Waals surface area contributed by atoms with Gasteiger partial charge in [-0.1, -0.05) is 24.2 Å². The molecule has 0 heterocycles. The number of oxime groups is 2. The first-order chi connectivity index (χ1) is 11.8. The highest BCUT2D eigenvalue weighted by Gasteiger charge is 2.09. The molecule has 0 fully saturated rings. The summed E-state index contributed by atoms with van der Waals surface area (Å²) in [5.74, 6) is 0. The molecule has 1 aromatic rings. The van der Waals surface area contributed by atoms with Crippen LogP contribution in [0.4, 0.5) is 21.0 Å². The van der Waals surface area contributed by atoms with E-state index in [2.05, 4.69) is 20.9 Å². The lowest BCUT2D eigenvalue weighted by molar-refractivity contribution is 0.165. The number of carbonyl (C=O) groups is 2. The molecule has 0 spiro atoms. The van der Waals surface area contributed by atoms with Crippen LogP contribution in [0.1, 0.15) is 46.1 Å². The Morgan fingerprint density at radius 3 is 1.96 bits per heavy atom. The largest absolute Gasteiger partial charge is 0.437 e. The maximum atomic E-state index is 11.7. The fourth-order valence-corrected chi connectivity index (χ4v) is 1.52. The van der Waals surface area contributed by atoms with E-state index in [1.807, 2.05) is 13.8 Å². The Morgan fingerprint density at radius 2 is 1.48 bits per heavy atom. The van der Waals surface area contributed by atoms with E-state index < -0.39 is 12.2 Å². The van der Waals surface area contributed by atoms with E-state index in [1.165, 1.54) is 0 Å². The Bertz CT molecular complexity index is 683. The lowest BCUT2D eigenvalue weighted by Gasteiger charge is -2.09. The topological polar surface area (TPSA) is 101 Å². The highest BCUT2D eigenvalue weighted by atomic mass is 16.7. The number of aryl methyl sites for hydroxylation is 1. The third-order valence-electron chi connectivity index (χ3n) is 3.30. The zero-order valence-electron chi connectivity index (χ0n) is 15.2. The molecule has 25 heavy (non-hydrogen) atoms. The molecule has 0 unspecified atom stereocenters. The minimum Gasteiger partial charge on any atom is -0.298 e. The number of anilines is 2. The quantitative estimate of drug-likeness (QED) is 0.443. The van der Waals surface area contributed by atoms with Crippen molar-refractivity contribution in [3.8, 4) is 0 Å². The van der Waals surface area contributed by atoms with Crippen molar-refractivity contribution in [3.05, 3.63) is 23.8 Å². The summed E-state index contributed by atoms with van der Waals surface area (Å²) in [5, 5.41) is 12.5. The van der Waals surface area contributed by atoms with Crippen molar-refractivity contribution in [2.45, 2.75) is 47.5 Å². The molecular formula is C17H24N4O4. The molecule has 0 saturated carbocycles. The molecule has 0 aliphatic carbocycles. The summed E-state index contributed by atoms with van der Waals surface area (Å²) >= 11 is 0. The van der Waals surface area contributed by atoms with E-state index in [4.69, 9.17) is 9.68 Å². The van der Waals surface area contributed by atoms with Gasteiger partial charge in [-0.2, -0.15) is 0 Å². The smallest absolute Gasteiger partial charge is 0.298 e. The Morgan fingerprint density at radius 1 is 0.960 bits per heavy atom. The van der Waals surface area contributed by atoms with E-state index in [-0.39, 0.29) is 0 Å². The summed E-state index contributed by atoms with van der Waals surface area (Å²) in [6.07, 6.45) is 0.0343. The Kier molecular flexibility index (Phi) is 8.11. The molecule has 2 amide bonds. The standard InChI is InChI=1S/C17H24N4O4/c1-6-12(4)20-24-16(22)18-14-8-9-15(11(3)10-14)19-17(23)25-21-13(5)7-2/h8-10H,6-7H2,1-5H3,(H,18,22)(H,19,23). The first kappa shape index (κ1) is 20.1. The van der Waals surface area contributed by atoms with Gasteiger partial charge in [0.25, 0.3) is 0 Å². The minimum atomic E-state index is -0.684. The van der Waals surface area contributed by atoms with Gasteiger partial charge >= 0.3 is 12.2 Å². The highest BCUT2D eigenvalue weighted by molar-refractivity contribution is 5.89. The number of benzene rings is 1. The van der Waals surface area contributed by atoms with Gasteiger partial charge < -0.3 is 0 Å². The molecule has 0 atom stereocenters. The van der Waals surface area contributed by atoms with Crippen molar-refractivity contribution in [1.82, 2.24) is 0 Å². The first-order valence-corrected chi connectivity index (χ1v) is 7.99. The molecular weight excluding hydrogens is 324 g/mol. The van der Waals surface area contributed by atoms with Crippen molar-refractivity contribution in [1.29, 1.82) is 0 Å². The minimum absolute atomic E-state index is 0.519. The number of hydrogen-bond donors (Lipinski definition) is 2. The second-order valence-electron chi connectivity index (χ2n) is 5.40. The van der Waals surface area contributed by atoms with Gasteiger partial charge in [0, 0.05) is 11.4 Å². The van der Waals surface area contributed by atoms with Crippen molar-refractivity contribution < 1.29 is 19.3 Å². The summed E-state index contributed by atoms with van der Waals surface area (Å²) in [7, 11) is 0. The van der Waals surface area contributed by atoms with E-state index in [0.717, 1.165) is 5.56 Å². The summed E-state index contributed by atoms with van der Waals surface area (Å²) in [4.78, 5) is 32.8. The van der Waals surface area contributed by atoms with Gasteiger partial charge in [-0.15, -0.1) is 0 Å². The van der Waals surface area contributed by atoms with E-state index in [1.54, 1.807) is 39.0 Å². The SMILES string of the molecule is CCC(C)=NOC(=O)Nc1ccc(NC(=O)ON=C(C)CC)c(C)c1. The van der Waals surface area contributed by atoms with Crippen molar-refractivity contribution in [3.63, 3.8) is 0 Å². The highest BCUT2D eigenvalue weighted by Crippen LogP contribution is 2.20. The van der Waals surface area contributed by atoms with Crippen LogP contribution in [0.3, 0.4) is 0 Å². The fraction of sp³-hybridized carbons (Fsp3) is 0.412. The third kappa shape index (κ3) is 7.47. The molecule has 0 saturated heterocycles. The Labute approximate surface area is 147 Å². The van der Waals surface area contributed by atoms with E-state index >= 15 is 0 Å². The van der Waals surface area contributed by atoms with Crippen LogP contribution in [-0.2, 0) is 9.68 Å².